The second kappa shape index (κ2) is 6.30. The first-order chi connectivity index (χ1) is 9.13. The number of ether oxygens (including phenoxy) is 1. The van der Waals surface area contributed by atoms with E-state index in [2.05, 4.69) is 41.0 Å². The molecule has 5 heteroatoms. The van der Waals surface area contributed by atoms with Gasteiger partial charge in [0.05, 0.1) is 36.8 Å². The van der Waals surface area contributed by atoms with Crippen LogP contribution in [0.25, 0.3) is 0 Å². The molecule has 19 heavy (non-hydrogen) atoms. The molecule has 1 fully saturated rings. The number of rotatable bonds is 5. The first-order valence-corrected chi connectivity index (χ1v) is 7.00. The maximum absolute atomic E-state index is 5.53. The van der Waals surface area contributed by atoms with Crippen molar-refractivity contribution in [3.05, 3.63) is 18.1 Å². The van der Waals surface area contributed by atoms with Gasteiger partial charge in [0.15, 0.2) is 0 Å². The van der Waals surface area contributed by atoms with Crippen molar-refractivity contribution in [2.24, 2.45) is 0 Å². The Hall–Kier alpha value is -1.20. The molecule has 0 aliphatic carbocycles. The lowest BCUT2D eigenvalue weighted by atomic mass is 10.0. The van der Waals surface area contributed by atoms with Crippen molar-refractivity contribution in [3.63, 3.8) is 0 Å². The van der Waals surface area contributed by atoms with Crippen molar-refractivity contribution in [2.75, 3.05) is 31.2 Å². The van der Waals surface area contributed by atoms with Gasteiger partial charge in [-0.2, -0.15) is 0 Å². The van der Waals surface area contributed by atoms with Crippen molar-refractivity contribution >= 4 is 5.82 Å². The number of nitrogens with one attached hydrogen (secondary N) is 1. The molecule has 1 N–H and O–H groups in total. The van der Waals surface area contributed by atoms with Crippen LogP contribution < -0.4 is 10.2 Å². The van der Waals surface area contributed by atoms with Crippen LogP contribution in [0.2, 0.25) is 0 Å². The second-order valence-corrected chi connectivity index (χ2v) is 5.56. The van der Waals surface area contributed by atoms with Gasteiger partial charge in [-0.3, -0.25) is 4.98 Å². The molecule has 0 unspecified atom stereocenters. The third-order valence-electron chi connectivity index (χ3n) is 3.35. The van der Waals surface area contributed by atoms with Crippen LogP contribution in [-0.2, 0) is 11.3 Å². The van der Waals surface area contributed by atoms with Gasteiger partial charge in [0, 0.05) is 13.1 Å². The largest absolute Gasteiger partial charge is 0.377 e. The van der Waals surface area contributed by atoms with E-state index in [0.29, 0.717) is 0 Å². The maximum Gasteiger partial charge on any atom is 0.147 e. The van der Waals surface area contributed by atoms with Crippen LogP contribution in [0, 0.1) is 0 Å². The summed E-state index contributed by atoms with van der Waals surface area (Å²) >= 11 is 0. The van der Waals surface area contributed by atoms with Gasteiger partial charge >= 0.3 is 0 Å². The molecular formula is C14H24N4O. The fraction of sp³-hybridized carbons (Fsp3) is 0.714. The summed E-state index contributed by atoms with van der Waals surface area (Å²) in [4.78, 5) is 11.3. The number of morpholine rings is 1. The molecule has 1 aliphatic heterocycles. The predicted molar refractivity (Wildman–Crippen MR) is 76.3 cm³/mol. The molecule has 1 aromatic heterocycles. The number of nitrogens with zero attached hydrogens (tertiary/aromatic N) is 3. The van der Waals surface area contributed by atoms with E-state index in [0.717, 1.165) is 50.8 Å². The summed E-state index contributed by atoms with van der Waals surface area (Å²) in [5.74, 6) is 0.938. The normalized spacial score (nSPS) is 18.6. The zero-order chi connectivity index (χ0) is 13.7. The van der Waals surface area contributed by atoms with Crippen molar-refractivity contribution in [1.82, 2.24) is 15.3 Å². The minimum absolute atomic E-state index is 0.0189. The number of hydrogen-bond donors (Lipinski definition) is 1. The van der Waals surface area contributed by atoms with Gasteiger partial charge in [0.1, 0.15) is 5.82 Å². The standard InChI is InChI=1S/C14H24N4O/c1-4-5-15-8-12-9-17-13(10-16-12)18-6-7-19-11-14(18,2)3/h9-10,15H,4-8,11H2,1-3H3. The highest BCUT2D eigenvalue weighted by Crippen LogP contribution is 2.24. The third-order valence-corrected chi connectivity index (χ3v) is 3.35. The molecular weight excluding hydrogens is 240 g/mol. The molecule has 0 aromatic carbocycles. The lowest BCUT2D eigenvalue weighted by Crippen LogP contribution is -2.53. The maximum atomic E-state index is 5.53. The van der Waals surface area contributed by atoms with E-state index in [-0.39, 0.29) is 5.54 Å². The van der Waals surface area contributed by atoms with Gasteiger partial charge in [-0.25, -0.2) is 4.98 Å². The van der Waals surface area contributed by atoms with Gasteiger partial charge in [-0.05, 0) is 26.8 Å². The first kappa shape index (κ1) is 14.2. The Labute approximate surface area is 115 Å². The Morgan fingerprint density at radius 1 is 1.37 bits per heavy atom. The van der Waals surface area contributed by atoms with Crippen molar-refractivity contribution < 1.29 is 4.74 Å². The van der Waals surface area contributed by atoms with E-state index in [1.807, 2.05) is 12.4 Å². The highest BCUT2D eigenvalue weighted by molar-refractivity contribution is 5.40. The molecule has 0 radical (unpaired) electrons. The molecule has 0 amide bonds. The quantitative estimate of drug-likeness (QED) is 0.819. The van der Waals surface area contributed by atoms with Crippen molar-refractivity contribution in [1.29, 1.82) is 0 Å². The summed E-state index contributed by atoms with van der Waals surface area (Å²) in [6, 6.07) is 0. The molecule has 0 spiro atoms. The predicted octanol–water partition coefficient (Wildman–Crippen LogP) is 1.59. The van der Waals surface area contributed by atoms with Crippen LogP contribution in [0.4, 0.5) is 5.82 Å². The Morgan fingerprint density at radius 3 is 2.84 bits per heavy atom. The Bertz CT molecular complexity index is 391. The zero-order valence-electron chi connectivity index (χ0n) is 12.1. The monoisotopic (exact) mass is 264 g/mol. The molecule has 0 saturated carbocycles. The smallest absolute Gasteiger partial charge is 0.147 e. The van der Waals surface area contributed by atoms with E-state index in [1.54, 1.807) is 0 Å². The Kier molecular flexibility index (Phi) is 4.71. The van der Waals surface area contributed by atoms with E-state index < -0.39 is 0 Å². The molecule has 0 atom stereocenters. The molecule has 1 saturated heterocycles. The van der Waals surface area contributed by atoms with Gasteiger partial charge in [0.2, 0.25) is 0 Å². The van der Waals surface area contributed by atoms with Gasteiger partial charge in [-0.15, -0.1) is 0 Å². The fourth-order valence-corrected chi connectivity index (χ4v) is 2.25. The summed E-state index contributed by atoms with van der Waals surface area (Å²) < 4.78 is 5.53. The molecule has 106 valence electrons. The average molecular weight is 264 g/mol. The van der Waals surface area contributed by atoms with E-state index >= 15 is 0 Å². The Balaban J connectivity index is 2.01. The van der Waals surface area contributed by atoms with Crippen molar-refractivity contribution in [2.45, 2.75) is 39.3 Å². The molecule has 2 rings (SSSR count). The fourth-order valence-electron chi connectivity index (χ4n) is 2.25. The van der Waals surface area contributed by atoms with E-state index in [4.69, 9.17) is 4.74 Å². The van der Waals surface area contributed by atoms with Crippen LogP contribution in [0.5, 0.6) is 0 Å². The third kappa shape index (κ3) is 3.64. The molecule has 2 heterocycles. The Morgan fingerprint density at radius 2 is 2.21 bits per heavy atom. The van der Waals surface area contributed by atoms with E-state index in [9.17, 15) is 0 Å². The van der Waals surface area contributed by atoms with Crippen LogP contribution >= 0.6 is 0 Å². The molecule has 1 aromatic rings. The SMILES string of the molecule is CCCNCc1cnc(N2CCOCC2(C)C)cn1. The highest BCUT2D eigenvalue weighted by atomic mass is 16.5. The summed E-state index contributed by atoms with van der Waals surface area (Å²) in [6.07, 6.45) is 4.87. The van der Waals surface area contributed by atoms with Gasteiger partial charge in [-0.1, -0.05) is 6.92 Å². The minimum Gasteiger partial charge on any atom is -0.377 e. The molecule has 1 aliphatic rings. The lowest BCUT2D eigenvalue weighted by molar-refractivity contribution is 0.0638. The molecule has 0 bridgehead atoms. The van der Waals surface area contributed by atoms with Crippen LogP contribution in [0.1, 0.15) is 32.9 Å². The van der Waals surface area contributed by atoms with Crippen LogP contribution in [0.15, 0.2) is 12.4 Å². The van der Waals surface area contributed by atoms with Crippen molar-refractivity contribution in [3.8, 4) is 0 Å². The summed E-state index contributed by atoms with van der Waals surface area (Å²) in [6.45, 7) is 10.7. The lowest BCUT2D eigenvalue weighted by Gasteiger charge is -2.42. The summed E-state index contributed by atoms with van der Waals surface area (Å²) in [5.41, 5.74) is 0.970. The van der Waals surface area contributed by atoms with Gasteiger partial charge < -0.3 is 15.0 Å². The summed E-state index contributed by atoms with van der Waals surface area (Å²) in [7, 11) is 0. The van der Waals surface area contributed by atoms with Crippen LogP contribution in [0.3, 0.4) is 0 Å². The molecule has 5 nitrogen and oxygen atoms in total. The highest BCUT2D eigenvalue weighted by Gasteiger charge is 2.31. The van der Waals surface area contributed by atoms with Crippen LogP contribution in [-0.4, -0.2) is 41.8 Å². The van der Waals surface area contributed by atoms with E-state index in [1.165, 1.54) is 0 Å². The first-order valence-electron chi connectivity index (χ1n) is 7.00. The zero-order valence-corrected chi connectivity index (χ0v) is 12.1. The summed E-state index contributed by atoms with van der Waals surface area (Å²) in [5, 5.41) is 3.33. The average Bonchev–Trinajstić information content (AvgIpc) is 2.40. The number of anilines is 1. The number of hydrogen-bond acceptors (Lipinski definition) is 5. The minimum atomic E-state index is -0.0189. The second-order valence-electron chi connectivity index (χ2n) is 5.56. The topological polar surface area (TPSA) is 50.3 Å². The van der Waals surface area contributed by atoms with Gasteiger partial charge in [0.25, 0.3) is 0 Å². The number of aromatic nitrogens is 2.